The second-order valence-electron chi connectivity index (χ2n) is 7.95. The summed E-state index contributed by atoms with van der Waals surface area (Å²) in [4.78, 5) is 24.3. The molecule has 0 heterocycles. The van der Waals surface area contributed by atoms with Gasteiger partial charge in [-0.05, 0) is 37.0 Å². The molecule has 134 valence electrons. The van der Waals surface area contributed by atoms with Crippen LogP contribution in [0.4, 0.5) is 0 Å². The molecule has 2 saturated carbocycles. The van der Waals surface area contributed by atoms with Crippen LogP contribution < -0.4 is 0 Å². The van der Waals surface area contributed by atoms with Crippen molar-refractivity contribution in [1.29, 1.82) is 0 Å². The van der Waals surface area contributed by atoms with E-state index in [1.807, 2.05) is 6.92 Å². The van der Waals surface area contributed by atoms with Crippen LogP contribution in [0.3, 0.4) is 0 Å². The van der Waals surface area contributed by atoms with E-state index in [1.165, 1.54) is 6.42 Å². The molecular weight excluding hydrogens is 304 g/mol. The lowest BCUT2D eigenvalue weighted by Crippen LogP contribution is -2.38. The average molecular weight is 334 g/mol. The Balaban J connectivity index is 1.94. The molecule has 4 nitrogen and oxygen atoms in total. The summed E-state index contributed by atoms with van der Waals surface area (Å²) in [6.07, 6.45) is 4.73. The lowest BCUT2D eigenvalue weighted by molar-refractivity contribution is -0.152. The van der Waals surface area contributed by atoms with E-state index in [-0.39, 0.29) is 28.1 Å². The zero-order valence-corrected chi connectivity index (χ0v) is 15.4. The van der Waals surface area contributed by atoms with Gasteiger partial charge in [-0.15, -0.1) is 0 Å². The van der Waals surface area contributed by atoms with Crippen molar-refractivity contribution in [3.05, 3.63) is 24.3 Å². The standard InChI is InChI=1S/C20H30O4/c1-7-8-11-23-17(21)13(2)14(3)18(22)24-16-12-15-9-10-20(16,6)19(15,4)5/h15-16H,2-3,7-12H2,1,4-6H3. The molecule has 2 aliphatic rings. The summed E-state index contributed by atoms with van der Waals surface area (Å²) in [5, 5.41) is 0. The van der Waals surface area contributed by atoms with Crippen LogP contribution >= 0.6 is 0 Å². The van der Waals surface area contributed by atoms with Crippen LogP contribution in [0.25, 0.3) is 0 Å². The third-order valence-electron chi connectivity index (χ3n) is 6.55. The van der Waals surface area contributed by atoms with Crippen molar-refractivity contribution in [2.24, 2.45) is 16.7 Å². The zero-order chi connectivity index (χ0) is 18.1. The van der Waals surface area contributed by atoms with Gasteiger partial charge in [0, 0.05) is 5.41 Å². The number of hydrogen-bond acceptors (Lipinski definition) is 4. The van der Waals surface area contributed by atoms with Gasteiger partial charge in [0.2, 0.25) is 0 Å². The number of fused-ring (bicyclic) bond motifs is 2. The third-order valence-corrected chi connectivity index (χ3v) is 6.55. The van der Waals surface area contributed by atoms with Gasteiger partial charge in [0.25, 0.3) is 0 Å². The highest BCUT2D eigenvalue weighted by Crippen LogP contribution is 2.66. The monoisotopic (exact) mass is 334 g/mol. The van der Waals surface area contributed by atoms with E-state index in [2.05, 4.69) is 33.9 Å². The molecule has 2 rings (SSSR count). The highest BCUT2D eigenvalue weighted by molar-refractivity contribution is 6.06. The van der Waals surface area contributed by atoms with Gasteiger partial charge in [-0.1, -0.05) is 47.3 Å². The third kappa shape index (κ3) is 3.03. The molecule has 0 spiro atoms. The van der Waals surface area contributed by atoms with Gasteiger partial charge < -0.3 is 9.47 Å². The van der Waals surface area contributed by atoms with E-state index < -0.39 is 11.9 Å². The van der Waals surface area contributed by atoms with E-state index >= 15 is 0 Å². The smallest absolute Gasteiger partial charge is 0.338 e. The molecule has 3 atom stereocenters. The Morgan fingerprint density at radius 3 is 2.25 bits per heavy atom. The topological polar surface area (TPSA) is 52.6 Å². The maximum atomic E-state index is 12.4. The number of unbranched alkanes of at least 4 members (excludes halogenated alkanes) is 1. The summed E-state index contributed by atoms with van der Waals surface area (Å²) in [7, 11) is 0. The zero-order valence-electron chi connectivity index (χ0n) is 15.4. The van der Waals surface area contributed by atoms with Crippen molar-refractivity contribution < 1.29 is 19.1 Å². The first-order valence-electron chi connectivity index (χ1n) is 8.91. The minimum atomic E-state index is -0.593. The summed E-state index contributed by atoms with van der Waals surface area (Å²) >= 11 is 0. The summed E-state index contributed by atoms with van der Waals surface area (Å²) in [5.74, 6) is -0.567. The van der Waals surface area contributed by atoms with Crippen LogP contribution in [-0.2, 0) is 19.1 Å². The van der Waals surface area contributed by atoms with Crippen LogP contribution in [0.1, 0.15) is 59.8 Å². The van der Waals surface area contributed by atoms with Crippen molar-refractivity contribution in [2.45, 2.75) is 65.9 Å². The highest BCUT2D eigenvalue weighted by atomic mass is 16.5. The Kier molecular flexibility index (Phi) is 5.26. The summed E-state index contributed by atoms with van der Waals surface area (Å²) in [6, 6.07) is 0. The first-order valence-corrected chi connectivity index (χ1v) is 8.91. The number of carbonyl (C=O) groups is 2. The van der Waals surface area contributed by atoms with Gasteiger partial charge in [-0.2, -0.15) is 0 Å². The fraction of sp³-hybridized carbons (Fsp3) is 0.700. The number of hydrogen-bond donors (Lipinski definition) is 0. The Labute approximate surface area is 145 Å². The normalized spacial score (nSPS) is 30.0. The Hall–Kier alpha value is -1.58. The van der Waals surface area contributed by atoms with Crippen LogP contribution in [-0.4, -0.2) is 24.6 Å². The maximum absolute atomic E-state index is 12.4. The first-order chi connectivity index (χ1) is 11.1. The molecule has 3 unspecified atom stereocenters. The minimum absolute atomic E-state index is 0.000628. The summed E-state index contributed by atoms with van der Waals surface area (Å²) < 4.78 is 10.8. The second-order valence-corrected chi connectivity index (χ2v) is 7.95. The van der Waals surface area contributed by atoms with Crippen molar-refractivity contribution >= 4 is 11.9 Å². The van der Waals surface area contributed by atoms with Crippen LogP contribution in [0.2, 0.25) is 0 Å². The predicted octanol–water partition coefficient (Wildman–Crippen LogP) is 4.20. The minimum Gasteiger partial charge on any atom is -0.462 e. The summed E-state index contributed by atoms with van der Waals surface area (Å²) in [5.41, 5.74) is 0.135. The molecule has 2 aliphatic carbocycles. The Morgan fingerprint density at radius 1 is 1.12 bits per heavy atom. The quantitative estimate of drug-likeness (QED) is 0.303. The van der Waals surface area contributed by atoms with Crippen LogP contribution in [0.15, 0.2) is 24.3 Å². The van der Waals surface area contributed by atoms with Gasteiger partial charge in [-0.25, -0.2) is 9.59 Å². The van der Waals surface area contributed by atoms with Gasteiger partial charge in [0.1, 0.15) is 6.10 Å². The Bertz CT molecular complexity index is 560. The molecule has 0 aromatic heterocycles. The van der Waals surface area contributed by atoms with Crippen molar-refractivity contribution in [3.63, 3.8) is 0 Å². The summed E-state index contributed by atoms with van der Waals surface area (Å²) in [6.45, 7) is 16.4. The van der Waals surface area contributed by atoms with Crippen molar-refractivity contribution in [1.82, 2.24) is 0 Å². The van der Waals surface area contributed by atoms with E-state index in [0.29, 0.717) is 12.5 Å². The predicted molar refractivity (Wildman–Crippen MR) is 93.3 cm³/mol. The molecule has 0 N–H and O–H groups in total. The molecular formula is C20H30O4. The SMILES string of the molecule is C=C(C(=C)C(=O)OC1CC2CCC1(C)C2(C)C)C(=O)OCCCC. The molecule has 4 heteroatoms. The van der Waals surface area contributed by atoms with E-state index in [1.54, 1.807) is 0 Å². The molecule has 0 aromatic rings. The number of rotatable bonds is 7. The fourth-order valence-electron chi connectivity index (χ4n) is 4.15. The first kappa shape index (κ1) is 18.8. The van der Waals surface area contributed by atoms with Crippen molar-refractivity contribution in [3.8, 4) is 0 Å². The largest absolute Gasteiger partial charge is 0.462 e. The lowest BCUT2D eigenvalue weighted by atomic mass is 9.70. The molecule has 24 heavy (non-hydrogen) atoms. The number of carbonyl (C=O) groups excluding carboxylic acids is 2. The maximum Gasteiger partial charge on any atom is 0.338 e. The molecule has 0 aliphatic heterocycles. The molecule has 0 amide bonds. The van der Waals surface area contributed by atoms with E-state index in [0.717, 1.165) is 25.7 Å². The lowest BCUT2D eigenvalue weighted by Gasteiger charge is -2.38. The van der Waals surface area contributed by atoms with Crippen molar-refractivity contribution in [2.75, 3.05) is 6.61 Å². The number of ether oxygens (including phenoxy) is 2. The second kappa shape index (κ2) is 6.73. The highest BCUT2D eigenvalue weighted by Gasteiger charge is 2.62. The molecule has 0 aromatic carbocycles. The number of esters is 2. The fourth-order valence-corrected chi connectivity index (χ4v) is 4.15. The van der Waals surface area contributed by atoms with Crippen LogP contribution in [0, 0.1) is 16.7 Å². The van der Waals surface area contributed by atoms with E-state index in [9.17, 15) is 9.59 Å². The van der Waals surface area contributed by atoms with Gasteiger partial charge in [0.15, 0.2) is 0 Å². The molecule has 2 bridgehead atoms. The molecule has 0 radical (unpaired) electrons. The van der Waals surface area contributed by atoms with Gasteiger partial charge in [-0.3, -0.25) is 0 Å². The van der Waals surface area contributed by atoms with Crippen LogP contribution in [0.5, 0.6) is 0 Å². The average Bonchev–Trinajstić information content (AvgIpc) is 2.86. The van der Waals surface area contributed by atoms with E-state index in [4.69, 9.17) is 9.47 Å². The van der Waals surface area contributed by atoms with Gasteiger partial charge in [0.05, 0.1) is 17.8 Å². The molecule has 2 fully saturated rings. The Morgan fingerprint density at radius 2 is 1.75 bits per heavy atom. The van der Waals surface area contributed by atoms with Gasteiger partial charge >= 0.3 is 11.9 Å². The molecule has 0 saturated heterocycles.